The fourth-order valence-corrected chi connectivity index (χ4v) is 1.70. The average Bonchev–Trinajstić information content (AvgIpc) is 2.28. The van der Waals surface area contributed by atoms with Crippen molar-refractivity contribution < 1.29 is 9.47 Å². The van der Waals surface area contributed by atoms with Crippen LogP contribution < -0.4 is 0 Å². The molecule has 1 fully saturated rings. The average molecular weight is 238 g/mol. The number of rotatable bonds is 5. The summed E-state index contributed by atoms with van der Waals surface area (Å²) in [5.41, 5.74) is 0.131. The van der Waals surface area contributed by atoms with E-state index < -0.39 is 0 Å². The van der Waals surface area contributed by atoms with E-state index in [9.17, 15) is 0 Å². The van der Waals surface area contributed by atoms with Gasteiger partial charge in [0.1, 0.15) is 0 Å². The van der Waals surface area contributed by atoms with Crippen LogP contribution in [0.3, 0.4) is 0 Å². The van der Waals surface area contributed by atoms with Crippen molar-refractivity contribution in [2.75, 3.05) is 13.2 Å². The smallest absolute Gasteiger partial charge is 0.157 e. The Morgan fingerprint density at radius 2 is 2.06 bits per heavy atom. The Bertz CT molecular complexity index is 248. The molecule has 0 aliphatic carbocycles. The van der Waals surface area contributed by atoms with E-state index in [1.54, 1.807) is 0 Å². The van der Waals surface area contributed by atoms with Gasteiger partial charge in [-0.15, -0.1) is 5.92 Å². The van der Waals surface area contributed by atoms with Crippen LogP contribution in [0.5, 0.6) is 0 Å². The molecule has 1 heterocycles. The summed E-state index contributed by atoms with van der Waals surface area (Å²) in [6, 6.07) is 0. The van der Waals surface area contributed by atoms with E-state index >= 15 is 0 Å². The molecule has 1 saturated heterocycles. The molecule has 0 radical (unpaired) electrons. The molecule has 0 N–H and O–H groups in total. The molecular formula is C15H26O2. The van der Waals surface area contributed by atoms with Gasteiger partial charge in [0.15, 0.2) is 6.29 Å². The molecule has 1 aliphatic heterocycles. The minimum atomic E-state index is 0.0596. The Morgan fingerprint density at radius 3 is 2.71 bits per heavy atom. The third-order valence-corrected chi connectivity index (χ3v) is 2.60. The molecule has 0 amide bonds. The van der Waals surface area contributed by atoms with E-state index in [0.717, 1.165) is 38.9 Å². The van der Waals surface area contributed by atoms with Gasteiger partial charge in [-0.25, -0.2) is 0 Å². The highest BCUT2D eigenvalue weighted by atomic mass is 16.7. The molecule has 2 nitrogen and oxygen atoms in total. The van der Waals surface area contributed by atoms with Gasteiger partial charge in [-0.2, -0.15) is 0 Å². The van der Waals surface area contributed by atoms with E-state index in [4.69, 9.17) is 9.47 Å². The van der Waals surface area contributed by atoms with Crippen LogP contribution in [0.1, 0.15) is 59.3 Å². The van der Waals surface area contributed by atoms with E-state index in [1.807, 2.05) is 0 Å². The van der Waals surface area contributed by atoms with Crippen LogP contribution >= 0.6 is 0 Å². The van der Waals surface area contributed by atoms with Crippen molar-refractivity contribution in [3.8, 4) is 11.8 Å². The molecule has 98 valence electrons. The van der Waals surface area contributed by atoms with Crippen LogP contribution in [0, 0.1) is 17.3 Å². The zero-order valence-corrected chi connectivity index (χ0v) is 11.6. The molecule has 1 unspecified atom stereocenters. The van der Waals surface area contributed by atoms with E-state index in [-0.39, 0.29) is 11.7 Å². The minimum absolute atomic E-state index is 0.0596. The van der Waals surface area contributed by atoms with Crippen molar-refractivity contribution in [3.63, 3.8) is 0 Å². The first-order chi connectivity index (χ1) is 8.08. The maximum absolute atomic E-state index is 5.66. The minimum Gasteiger partial charge on any atom is -0.353 e. The molecule has 2 heteroatoms. The monoisotopic (exact) mass is 238 g/mol. The van der Waals surface area contributed by atoms with Gasteiger partial charge in [0, 0.05) is 25.0 Å². The van der Waals surface area contributed by atoms with Crippen molar-refractivity contribution in [1.29, 1.82) is 0 Å². The maximum Gasteiger partial charge on any atom is 0.157 e. The van der Waals surface area contributed by atoms with Crippen molar-refractivity contribution >= 4 is 0 Å². The molecule has 1 aliphatic rings. The van der Waals surface area contributed by atoms with Crippen molar-refractivity contribution in [2.45, 2.75) is 65.6 Å². The van der Waals surface area contributed by atoms with Gasteiger partial charge in [-0.1, -0.05) is 5.92 Å². The van der Waals surface area contributed by atoms with Gasteiger partial charge < -0.3 is 9.47 Å². The second-order valence-corrected chi connectivity index (χ2v) is 5.68. The van der Waals surface area contributed by atoms with Gasteiger partial charge >= 0.3 is 0 Å². The van der Waals surface area contributed by atoms with Crippen LogP contribution in [0.25, 0.3) is 0 Å². The highest BCUT2D eigenvalue weighted by Gasteiger charge is 2.13. The van der Waals surface area contributed by atoms with E-state index in [1.165, 1.54) is 12.8 Å². The lowest BCUT2D eigenvalue weighted by molar-refractivity contribution is -0.162. The van der Waals surface area contributed by atoms with Gasteiger partial charge in [-0.3, -0.25) is 0 Å². The van der Waals surface area contributed by atoms with Crippen molar-refractivity contribution in [2.24, 2.45) is 5.41 Å². The first kappa shape index (κ1) is 14.5. The molecule has 0 aromatic rings. The largest absolute Gasteiger partial charge is 0.353 e. The topological polar surface area (TPSA) is 18.5 Å². The lowest BCUT2D eigenvalue weighted by Gasteiger charge is -2.22. The third kappa shape index (κ3) is 8.24. The molecule has 1 rings (SSSR count). The molecule has 0 saturated carbocycles. The Hall–Kier alpha value is -0.520. The first-order valence-electron chi connectivity index (χ1n) is 6.81. The molecule has 0 spiro atoms. The normalized spacial score (nSPS) is 20.8. The third-order valence-electron chi connectivity index (χ3n) is 2.60. The fourth-order valence-electron chi connectivity index (χ4n) is 1.70. The van der Waals surface area contributed by atoms with Gasteiger partial charge in [0.2, 0.25) is 0 Å². The van der Waals surface area contributed by atoms with E-state index in [0.29, 0.717) is 0 Å². The van der Waals surface area contributed by atoms with Crippen LogP contribution in [0.4, 0.5) is 0 Å². The van der Waals surface area contributed by atoms with Gasteiger partial charge in [-0.05, 0) is 52.9 Å². The summed E-state index contributed by atoms with van der Waals surface area (Å²) < 4.78 is 11.2. The van der Waals surface area contributed by atoms with Crippen LogP contribution in [0.2, 0.25) is 0 Å². The highest BCUT2D eigenvalue weighted by molar-refractivity contribution is 5.06. The standard InChI is InChI=1S/C15H26O2/c1-15(2,3)11-7-4-5-8-12-16-14-10-6-9-13-17-14/h14H,4-6,8-10,12-13H2,1-3H3. The summed E-state index contributed by atoms with van der Waals surface area (Å²) in [5, 5.41) is 0. The van der Waals surface area contributed by atoms with Crippen molar-refractivity contribution in [3.05, 3.63) is 0 Å². The Kier molecular flexibility index (Phi) is 6.62. The summed E-state index contributed by atoms with van der Waals surface area (Å²) >= 11 is 0. The number of unbranched alkanes of at least 4 members (excludes halogenated alkanes) is 2. The molecule has 0 bridgehead atoms. The lowest BCUT2D eigenvalue weighted by Crippen LogP contribution is -2.22. The fraction of sp³-hybridized carbons (Fsp3) is 0.867. The predicted molar refractivity (Wildman–Crippen MR) is 70.6 cm³/mol. The molecular weight excluding hydrogens is 212 g/mol. The van der Waals surface area contributed by atoms with Crippen LogP contribution in [-0.2, 0) is 9.47 Å². The van der Waals surface area contributed by atoms with E-state index in [2.05, 4.69) is 32.6 Å². The van der Waals surface area contributed by atoms with Crippen LogP contribution in [0.15, 0.2) is 0 Å². The predicted octanol–water partition coefficient (Wildman–Crippen LogP) is 3.75. The van der Waals surface area contributed by atoms with Crippen LogP contribution in [-0.4, -0.2) is 19.5 Å². The maximum atomic E-state index is 5.66. The second-order valence-electron chi connectivity index (χ2n) is 5.68. The Labute approximate surface area is 106 Å². The molecule has 1 atom stereocenters. The van der Waals surface area contributed by atoms with Crippen molar-refractivity contribution in [1.82, 2.24) is 0 Å². The quantitative estimate of drug-likeness (QED) is 0.536. The summed E-state index contributed by atoms with van der Waals surface area (Å²) in [7, 11) is 0. The summed E-state index contributed by atoms with van der Waals surface area (Å²) in [6.45, 7) is 8.10. The van der Waals surface area contributed by atoms with Gasteiger partial charge in [0.05, 0.1) is 0 Å². The molecule has 0 aromatic carbocycles. The number of ether oxygens (including phenoxy) is 2. The Balaban J connectivity index is 1.95. The summed E-state index contributed by atoms with van der Waals surface area (Å²) in [5.74, 6) is 6.47. The zero-order chi connectivity index (χ0) is 12.6. The summed E-state index contributed by atoms with van der Waals surface area (Å²) in [6.07, 6.45) is 6.72. The SMILES string of the molecule is CC(C)(C)C#CCCCCOC1CCCCO1. The number of hydrogen-bond acceptors (Lipinski definition) is 2. The summed E-state index contributed by atoms with van der Waals surface area (Å²) in [4.78, 5) is 0. The molecule has 0 aromatic heterocycles. The highest BCUT2D eigenvalue weighted by Crippen LogP contribution is 2.14. The zero-order valence-electron chi connectivity index (χ0n) is 11.6. The number of hydrogen-bond donors (Lipinski definition) is 0. The first-order valence-corrected chi connectivity index (χ1v) is 6.81. The van der Waals surface area contributed by atoms with Gasteiger partial charge in [0.25, 0.3) is 0 Å². The second kappa shape index (κ2) is 7.74. The lowest BCUT2D eigenvalue weighted by atomic mass is 9.98. The molecule has 17 heavy (non-hydrogen) atoms. The Morgan fingerprint density at radius 1 is 1.24 bits per heavy atom.